The number of hydrogen-bond donors (Lipinski definition) is 2. The highest BCUT2D eigenvalue weighted by Crippen LogP contribution is 2.59. The second-order valence-corrected chi connectivity index (χ2v) is 9.15. The number of nitrogens with two attached hydrogens (primary N) is 1. The van der Waals surface area contributed by atoms with Crippen molar-refractivity contribution in [2.45, 2.75) is 51.4 Å². The highest BCUT2D eigenvalue weighted by molar-refractivity contribution is 6.12. The number of hydrogen-bond acceptors (Lipinski definition) is 6. The normalized spacial score (nSPS) is 29.3. The van der Waals surface area contributed by atoms with Crippen LogP contribution in [0.2, 0.25) is 0 Å². The molecule has 170 valence electrons. The van der Waals surface area contributed by atoms with Crippen LogP contribution in [0, 0.1) is 23.2 Å². The van der Waals surface area contributed by atoms with Crippen LogP contribution < -0.4 is 5.73 Å². The molecule has 0 amide bonds. The summed E-state index contributed by atoms with van der Waals surface area (Å²) in [4.78, 5) is 11.0. The number of nitrogens with one attached hydrogen (secondary N) is 1. The Balaban J connectivity index is 1.44. The Morgan fingerprint density at radius 3 is 2.52 bits per heavy atom. The molecule has 31 heavy (non-hydrogen) atoms. The molecule has 2 unspecified atom stereocenters. The fourth-order valence-corrected chi connectivity index (χ4v) is 5.28. The summed E-state index contributed by atoms with van der Waals surface area (Å²) in [5.74, 6) is 0.900. The summed E-state index contributed by atoms with van der Waals surface area (Å²) in [6.45, 7) is 7.54. The zero-order valence-electron chi connectivity index (χ0n) is 18.0. The first-order valence-electron chi connectivity index (χ1n) is 10.9. The van der Waals surface area contributed by atoms with Gasteiger partial charge in [0.2, 0.25) is 0 Å². The Labute approximate surface area is 180 Å². The van der Waals surface area contributed by atoms with Crippen LogP contribution in [0.5, 0.6) is 0 Å². The first-order valence-corrected chi connectivity index (χ1v) is 10.9. The Morgan fingerprint density at radius 2 is 1.94 bits per heavy atom. The number of halogens is 3. The maximum absolute atomic E-state index is 13.2. The number of nitrogens with zero attached hydrogens (tertiary/aromatic N) is 3. The van der Waals surface area contributed by atoms with Crippen molar-refractivity contribution >= 4 is 17.2 Å². The molecular formula is C22H30F3N5O. The van der Waals surface area contributed by atoms with Gasteiger partial charge in [0.25, 0.3) is 0 Å². The Morgan fingerprint density at radius 1 is 1.29 bits per heavy atom. The minimum absolute atomic E-state index is 0.0782. The number of anilines is 1. The van der Waals surface area contributed by atoms with Crippen LogP contribution in [0.25, 0.3) is 0 Å². The van der Waals surface area contributed by atoms with Crippen LogP contribution in [-0.4, -0.2) is 59.7 Å². The van der Waals surface area contributed by atoms with E-state index >= 15 is 0 Å². The number of nitrogen functional groups attached to an aromatic ring is 1. The van der Waals surface area contributed by atoms with Crippen LogP contribution in [0.3, 0.4) is 0 Å². The van der Waals surface area contributed by atoms with E-state index in [0.29, 0.717) is 23.8 Å². The number of fused-ring (bicyclic) bond motifs is 1. The summed E-state index contributed by atoms with van der Waals surface area (Å²) >= 11 is 0. The third kappa shape index (κ3) is 4.77. The number of morpholine rings is 1. The minimum Gasteiger partial charge on any atom is -0.383 e. The van der Waals surface area contributed by atoms with Crippen LogP contribution in [-0.2, 0) is 10.9 Å². The van der Waals surface area contributed by atoms with E-state index in [9.17, 15) is 13.2 Å². The summed E-state index contributed by atoms with van der Waals surface area (Å²) in [5.41, 5.74) is 5.61. The van der Waals surface area contributed by atoms with Gasteiger partial charge in [0, 0.05) is 60.7 Å². The number of aromatic nitrogens is 1. The SMILES string of the molecule is CC(C)N=C(CC(=N)c1cnc(N)c(C(F)(F)F)c1)C1C2CC(N3CCOCC3)CC21. The highest BCUT2D eigenvalue weighted by atomic mass is 19.4. The first-order chi connectivity index (χ1) is 14.6. The second kappa shape index (κ2) is 8.50. The first kappa shape index (κ1) is 22.2. The molecule has 3 fully saturated rings. The van der Waals surface area contributed by atoms with Crippen LogP contribution in [0.4, 0.5) is 19.0 Å². The molecule has 6 nitrogen and oxygen atoms in total. The summed E-state index contributed by atoms with van der Waals surface area (Å²) in [6.07, 6.45) is -0.837. The van der Waals surface area contributed by atoms with Crippen molar-refractivity contribution < 1.29 is 17.9 Å². The number of pyridine rings is 1. The van der Waals surface area contributed by atoms with Gasteiger partial charge in [-0.1, -0.05) is 0 Å². The molecule has 3 N–H and O–H groups in total. The van der Waals surface area contributed by atoms with E-state index in [2.05, 4.69) is 9.88 Å². The molecule has 0 radical (unpaired) electrons. The third-order valence-corrected chi connectivity index (χ3v) is 6.72. The minimum atomic E-state index is -4.59. The topological polar surface area (TPSA) is 87.6 Å². The number of alkyl halides is 3. The van der Waals surface area contributed by atoms with Crippen LogP contribution >= 0.6 is 0 Å². The fraction of sp³-hybridized carbons (Fsp3) is 0.682. The molecule has 9 heteroatoms. The lowest BCUT2D eigenvalue weighted by Crippen LogP contribution is -2.43. The van der Waals surface area contributed by atoms with E-state index in [-0.39, 0.29) is 23.7 Å². The van der Waals surface area contributed by atoms with Gasteiger partial charge < -0.3 is 15.9 Å². The zero-order valence-corrected chi connectivity index (χ0v) is 18.0. The highest BCUT2D eigenvalue weighted by Gasteiger charge is 2.58. The molecule has 0 spiro atoms. The molecule has 0 bridgehead atoms. The molecule has 3 aliphatic rings. The molecule has 2 aliphatic carbocycles. The molecular weight excluding hydrogens is 407 g/mol. The van der Waals surface area contributed by atoms with E-state index < -0.39 is 17.6 Å². The van der Waals surface area contributed by atoms with Gasteiger partial charge in [-0.15, -0.1) is 0 Å². The zero-order chi connectivity index (χ0) is 22.3. The standard InChI is InChI=1S/C22H30F3N5O/c1-12(2)29-19(10-18(26)13-7-17(22(23,24)25)21(27)28-11-13)20-15-8-14(9-16(15)20)30-3-5-31-6-4-30/h7,11-12,14-16,20,26H,3-6,8-10H2,1-2H3,(H2,27,28). The summed E-state index contributed by atoms with van der Waals surface area (Å²) in [5, 5.41) is 8.45. The molecule has 1 aliphatic heterocycles. The predicted molar refractivity (Wildman–Crippen MR) is 114 cm³/mol. The summed E-state index contributed by atoms with van der Waals surface area (Å²) in [7, 11) is 0. The molecule has 0 aromatic carbocycles. The van der Waals surface area contributed by atoms with Gasteiger partial charge in [0.15, 0.2) is 0 Å². The fourth-order valence-electron chi connectivity index (χ4n) is 5.28. The van der Waals surface area contributed by atoms with Crippen LogP contribution in [0.15, 0.2) is 17.3 Å². The smallest absolute Gasteiger partial charge is 0.383 e. The molecule has 2 heterocycles. The van der Waals surface area contributed by atoms with E-state index in [1.807, 2.05) is 13.8 Å². The van der Waals surface area contributed by atoms with Crippen LogP contribution in [0.1, 0.15) is 44.2 Å². The quantitative estimate of drug-likeness (QED) is 0.665. The summed E-state index contributed by atoms with van der Waals surface area (Å²) in [6, 6.07) is 1.60. The third-order valence-electron chi connectivity index (χ3n) is 6.72. The van der Waals surface area contributed by atoms with Gasteiger partial charge in [-0.2, -0.15) is 13.2 Å². The maximum atomic E-state index is 13.2. The molecule has 1 aromatic rings. The monoisotopic (exact) mass is 437 g/mol. The maximum Gasteiger partial charge on any atom is 0.419 e. The number of aliphatic imine (C=N–C) groups is 1. The lowest BCUT2D eigenvalue weighted by Gasteiger charge is -2.33. The van der Waals surface area contributed by atoms with Crippen molar-refractivity contribution in [3.8, 4) is 0 Å². The largest absolute Gasteiger partial charge is 0.419 e. The Kier molecular flexibility index (Phi) is 6.09. The Bertz CT molecular complexity index is 851. The van der Waals surface area contributed by atoms with Crippen molar-refractivity contribution in [3.63, 3.8) is 0 Å². The van der Waals surface area contributed by atoms with Gasteiger partial charge in [0.05, 0.1) is 18.8 Å². The lowest BCUT2D eigenvalue weighted by molar-refractivity contribution is -0.137. The van der Waals surface area contributed by atoms with Gasteiger partial charge in [0.1, 0.15) is 5.82 Å². The van der Waals surface area contributed by atoms with E-state index in [1.54, 1.807) is 0 Å². The predicted octanol–water partition coefficient (Wildman–Crippen LogP) is 3.65. The molecule has 1 aromatic heterocycles. The average molecular weight is 438 g/mol. The van der Waals surface area contributed by atoms with E-state index in [0.717, 1.165) is 50.9 Å². The van der Waals surface area contributed by atoms with Gasteiger partial charge >= 0.3 is 6.18 Å². The van der Waals surface area contributed by atoms with Crippen molar-refractivity contribution in [1.82, 2.24) is 9.88 Å². The molecule has 4 rings (SSSR count). The van der Waals surface area contributed by atoms with Gasteiger partial charge in [-0.05, 0) is 44.6 Å². The second-order valence-electron chi connectivity index (χ2n) is 9.15. The molecule has 1 saturated heterocycles. The molecule has 2 saturated carbocycles. The van der Waals surface area contributed by atoms with E-state index in [4.69, 9.17) is 20.9 Å². The van der Waals surface area contributed by atoms with Crippen molar-refractivity contribution in [3.05, 3.63) is 23.4 Å². The molecule has 2 atom stereocenters. The van der Waals surface area contributed by atoms with Crippen molar-refractivity contribution in [1.29, 1.82) is 5.41 Å². The van der Waals surface area contributed by atoms with E-state index in [1.165, 1.54) is 6.20 Å². The lowest BCUT2D eigenvalue weighted by atomic mass is 9.96. The Hall–Kier alpha value is -2.00. The number of rotatable bonds is 6. The summed E-state index contributed by atoms with van der Waals surface area (Å²) < 4.78 is 45.0. The van der Waals surface area contributed by atoms with Crippen molar-refractivity contribution in [2.75, 3.05) is 32.0 Å². The van der Waals surface area contributed by atoms with Gasteiger partial charge in [-0.25, -0.2) is 4.98 Å². The van der Waals surface area contributed by atoms with Crippen molar-refractivity contribution in [2.24, 2.45) is 22.7 Å². The van der Waals surface area contributed by atoms with Gasteiger partial charge in [-0.3, -0.25) is 9.89 Å². The average Bonchev–Trinajstić information content (AvgIpc) is 3.20. The number of ether oxygens (including phenoxy) is 1.